The third-order valence-corrected chi connectivity index (χ3v) is 4.98. The van der Waals surface area contributed by atoms with Crippen LogP contribution in [0.3, 0.4) is 0 Å². The fraction of sp³-hybridized carbons (Fsp3) is 0.538. The maximum atomic E-state index is 5.58. The molecule has 0 aromatic carbocycles. The number of rotatable bonds is 1. The Labute approximate surface area is 110 Å². The number of aromatic nitrogens is 2. The molecule has 2 fully saturated rings. The summed E-state index contributed by atoms with van der Waals surface area (Å²) < 4.78 is 5.58. The van der Waals surface area contributed by atoms with Crippen LogP contribution in [0.15, 0.2) is 17.8 Å². The normalized spacial score (nSPS) is 27.7. The first-order valence-corrected chi connectivity index (χ1v) is 7.25. The lowest BCUT2D eigenvalue weighted by molar-refractivity contribution is 0.160. The van der Waals surface area contributed by atoms with Gasteiger partial charge in [-0.3, -0.25) is 0 Å². The van der Waals surface area contributed by atoms with Gasteiger partial charge in [0.2, 0.25) is 0 Å². The summed E-state index contributed by atoms with van der Waals surface area (Å²) in [5.41, 5.74) is 0.382. The van der Waals surface area contributed by atoms with Gasteiger partial charge in [0.15, 0.2) is 0 Å². The van der Waals surface area contributed by atoms with Crippen LogP contribution in [0.2, 0.25) is 0 Å². The van der Waals surface area contributed by atoms with Gasteiger partial charge < -0.3 is 9.64 Å². The highest BCUT2D eigenvalue weighted by molar-refractivity contribution is 7.16. The van der Waals surface area contributed by atoms with Gasteiger partial charge in [-0.25, -0.2) is 9.97 Å². The Hall–Kier alpha value is -1.20. The quantitative estimate of drug-likeness (QED) is 0.789. The van der Waals surface area contributed by atoms with Crippen LogP contribution in [0.1, 0.15) is 12.8 Å². The van der Waals surface area contributed by atoms with Crippen molar-refractivity contribution in [1.82, 2.24) is 9.97 Å². The van der Waals surface area contributed by atoms with Gasteiger partial charge in [0, 0.05) is 25.1 Å². The zero-order valence-electron chi connectivity index (χ0n) is 10.1. The number of hydrogen-bond acceptors (Lipinski definition) is 5. The first kappa shape index (κ1) is 10.7. The molecule has 0 bridgehead atoms. The molecule has 5 heteroatoms. The molecule has 4 nitrogen and oxygen atoms in total. The largest absolute Gasteiger partial charge is 0.381 e. The Kier molecular flexibility index (Phi) is 2.32. The maximum Gasteiger partial charge on any atom is 0.140 e. The summed E-state index contributed by atoms with van der Waals surface area (Å²) in [7, 11) is 0. The van der Waals surface area contributed by atoms with E-state index in [2.05, 4.69) is 26.3 Å². The molecule has 2 aliphatic heterocycles. The van der Waals surface area contributed by atoms with Crippen molar-refractivity contribution in [2.45, 2.75) is 12.8 Å². The monoisotopic (exact) mass is 261 g/mol. The second-order valence-electron chi connectivity index (χ2n) is 5.31. The molecule has 0 saturated carbocycles. The first-order valence-electron chi connectivity index (χ1n) is 6.37. The fourth-order valence-electron chi connectivity index (χ4n) is 3.12. The van der Waals surface area contributed by atoms with Gasteiger partial charge in [0.05, 0.1) is 12.0 Å². The lowest BCUT2D eigenvalue weighted by atomic mass is 9.87. The maximum absolute atomic E-state index is 5.58. The molecule has 4 heterocycles. The molecule has 0 radical (unpaired) electrons. The highest BCUT2D eigenvalue weighted by atomic mass is 32.1. The molecule has 1 atom stereocenters. The second-order valence-corrected chi connectivity index (χ2v) is 6.21. The summed E-state index contributed by atoms with van der Waals surface area (Å²) >= 11 is 1.68. The van der Waals surface area contributed by atoms with E-state index in [0.29, 0.717) is 5.41 Å². The Morgan fingerprint density at radius 1 is 1.33 bits per heavy atom. The van der Waals surface area contributed by atoms with E-state index in [1.807, 2.05) is 0 Å². The van der Waals surface area contributed by atoms with Gasteiger partial charge in [-0.15, -0.1) is 11.3 Å². The number of anilines is 1. The number of fused-ring (bicyclic) bond motifs is 1. The predicted molar refractivity (Wildman–Crippen MR) is 72.1 cm³/mol. The highest BCUT2D eigenvalue weighted by Gasteiger charge is 2.41. The fourth-order valence-corrected chi connectivity index (χ4v) is 3.84. The van der Waals surface area contributed by atoms with E-state index in [0.717, 1.165) is 37.0 Å². The lowest BCUT2D eigenvalue weighted by Gasteiger charge is -2.22. The molecule has 0 aliphatic carbocycles. The Balaban J connectivity index is 1.70. The second kappa shape index (κ2) is 3.90. The van der Waals surface area contributed by atoms with Crippen LogP contribution in [0.5, 0.6) is 0 Å². The summed E-state index contributed by atoms with van der Waals surface area (Å²) in [6, 6.07) is 2.13. The average Bonchev–Trinajstić information content (AvgIpc) is 3.11. The molecule has 4 rings (SSSR count). The zero-order chi connectivity index (χ0) is 12.0. The van der Waals surface area contributed by atoms with Crippen LogP contribution >= 0.6 is 11.3 Å². The van der Waals surface area contributed by atoms with E-state index in [-0.39, 0.29) is 0 Å². The van der Waals surface area contributed by atoms with Crippen molar-refractivity contribution in [3.63, 3.8) is 0 Å². The third-order valence-electron chi connectivity index (χ3n) is 4.16. The van der Waals surface area contributed by atoms with Gasteiger partial charge in [-0.1, -0.05) is 0 Å². The van der Waals surface area contributed by atoms with E-state index in [1.54, 1.807) is 17.7 Å². The third kappa shape index (κ3) is 1.54. The molecule has 94 valence electrons. The molecule has 18 heavy (non-hydrogen) atoms. The number of nitrogens with zero attached hydrogens (tertiary/aromatic N) is 3. The average molecular weight is 261 g/mol. The van der Waals surface area contributed by atoms with Gasteiger partial charge in [-0.2, -0.15) is 0 Å². The van der Waals surface area contributed by atoms with E-state index >= 15 is 0 Å². The van der Waals surface area contributed by atoms with Crippen LogP contribution in [0.25, 0.3) is 10.2 Å². The van der Waals surface area contributed by atoms with Gasteiger partial charge in [0.25, 0.3) is 0 Å². The van der Waals surface area contributed by atoms with Crippen molar-refractivity contribution in [2.24, 2.45) is 5.41 Å². The molecule has 2 saturated heterocycles. The molecule has 2 aliphatic rings. The predicted octanol–water partition coefficient (Wildman–Crippen LogP) is 2.31. The zero-order valence-corrected chi connectivity index (χ0v) is 10.9. The Morgan fingerprint density at radius 2 is 2.33 bits per heavy atom. The minimum atomic E-state index is 0.382. The molecule has 0 N–H and O–H groups in total. The van der Waals surface area contributed by atoms with Crippen molar-refractivity contribution in [3.8, 4) is 0 Å². The van der Waals surface area contributed by atoms with E-state index in [1.165, 1.54) is 18.2 Å². The molecule has 0 unspecified atom stereocenters. The summed E-state index contributed by atoms with van der Waals surface area (Å²) in [6.07, 6.45) is 4.11. The SMILES string of the molecule is c1nc(N2CC[C@]3(CCOC3)C2)c2ccsc2n1. The summed E-state index contributed by atoms with van der Waals surface area (Å²) in [5.74, 6) is 1.10. The van der Waals surface area contributed by atoms with E-state index in [9.17, 15) is 0 Å². The standard InChI is InChI=1S/C13H15N3OS/c1-6-18-12-10(1)11(14-9-15-12)16-4-2-13(7-16)3-5-17-8-13/h1,6,9H,2-5,7-8H2/t13-/m0/s1. The molecule has 2 aromatic rings. The van der Waals surface area contributed by atoms with Crippen LogP contribution in [0, 0.1) is 5.41 Å². The van der Waals surface area contributed by atoms with Crippen LogP contribution in [-0.2, 0) is 4.74 Å². The number of thiophene rings is 1. The first-order chi connectivity index (χ1) is 8.86. The molecular weight excluding hydrogens is 246 g/mol. The van der Waals surface area contributed by atoms with Gasteiger partial charge >= 0.3 is 0 Å². The summed E-state index contributed by atoms with van der Waals surface area (Å²) in [4.78, 5) is 12.3. The lowest BCUT2D eigenvalue weighted by Crippen LogP contribution is -2.28. The molecule has 0 amide bonds. The minimum absolute atomic E-state index is 0.382. The number of hydrogen-bond donors (Lipinski definition) is 0. The van der Waals surface area contributed by atoms with Crippen molar-refractivity contribution in [3.05, 3.63) is 17.8 Å². The van der Waals surface area contributed by atoms with Gasteiger partial charge in [0.1, 0.15) is 17.0 Å². The highest BCUT2D eigenvalue weighted by Crippen LogP contribution is 2.41. The summed E-state index contributed by atoms with van der Waals surface area (Å²) in [6.45, 7) is 4.01. The number of ether oxygens (including phenoxy) is 1. The van der Waals surface area contributed by atoms with Crippen molar-refractivity contribution >= 4 is 27.4 Å². The van der Waals surface area contributed by atoms with E-state index in [4.69, 9.17) is 4.74 Å². The summed E-state index contributed by atoms with van der Waals surface area (Å²) in [5, 5.41) is 3.28. The molecule has 1 spiro atoms. The molecule has 2 aromatic heterocycles. The van der Waals surface area contributed by atoms with Crippen molar-refractivity contribution in [2.75, 3.05) is 31.2 Å². The topological polar surface area (TPSA) is 38.2 Å². The minimum Gasteiger partial charge on any atom is -0.381 e. The Morgan fingerprint density at radius 3 is 3.22 bits per heavy atom. The molecular formula is C13H15N3OS. The van der Waals surface area contributed by atoms with E-state index < -0.39 is 0 Å². The Bertz CT molecular complexity index is 576. The van der Waals surface area contributed by atoms with Crippen molar-refractivity contribution < 1.29 is 4.74 Å². The van der Waals surface area contributed by atoms with Crippen LogP contribution in [-0.4, -0.2) is 36.3 Å². The van der Waals surface area contributed by atoms with Crippen LogP contribution in [0.4, 0.5) is 5.82 Å². The van der Waals surface area contributed by atoms with Crippen LogP contribution < -0.4 is 4.90 Å². The smallest absolute Gasteiger partial charge is 0.140 e. The van der Waals surface area contributed by atoms with Crippen molar-refractivity contribution in [1.29, 1.82) is 0 Å². The van der Waals surface area contributed by atoms with Gasteiger partial charge in [-0.05, 0) is 24.3 Å².